The minimum absolute atomic E-state index is 0.218. The van der Waals surface area contributed by atoms with Crippen LogP contribution in [0.25, 0.3) is 0 Å². The van der Waals surface area contributed by atoms with E-state index in [0.717, 1.165) is 38.6 Å². The summed E-state index contributed by atoms with van der Waals surface area (Å²) < 4.78 is 5.28. The molecule has 0 aromatic carbocycles. The lowest BCUT2D eigenvalue weighted by molar-refractivity contribution is 0.0622. The smallest absolute Gasteiger partial charge is 0.0717 e. The molecule has 90 valence electrons. The van der Waals surface area contributed by atoms with E-state index in [9.17, 15) is 5.11 Å². The third-order valence-electron chi connectivity index (χ3n) is 3.10. The molecule has 1 saturated heterocycles. The minimum Gasteiger partial charge on any atom is -0.391 e. The highest BCUT2D eigenvalue weighted by Gasteiger charge is 2.24. The largest absolute Gasteiger partial charge is 0.391 e. The Morgan fingerprint density at radius 1 is 1.47 bits per heavy atom. The van der Waals surface area contributed by atoms with Crippen molar-refractivity contribution in [2.45, 2.75) is 32.8 Å². The van der Waals surface area contributed by atoms with Crippen LogP contribution >= 0.6 is 0 Å². The summed E-state index contributed by atoms with van der Waals surface area (Å²) in [7, 11) is 2.08. The summed E-state index contributed by atoms with van der Waals surface area (Å²) in [5.41, 5.74) is 0. The first-order chi connectivity index (χ1) is 7.09. The minimum atomic E-state index is -0.218. The third kappa shape index (κ3) is 4.96. The van der Waals surface area contributed by atoms with Crippen molar-refractivity contribution < 1.29 is 9.84 Å². The summed E-state index contributed by atoms with van der Waals surface area (Å²) in [4.78, 5) is 2.23. The Hall–Kier alpha value is -0.120. The molecule has 15 heavy (non-hydrogen) atoms. The molecule has 0 spiro atoms. The number of hydrogen-bond acceptors (Lipinski definition) is 3. The fraction of sp³-hybridized carbons (Fsp3) is 1.00. The maximum Gasteiger partial charge on any atom is 0.0717 e. The molecule has 0 aliphatic carbocycles. The van der Waals surface area contributed by atoms with Crippen molar-refractivity contribution in [3.8, 4) is 0 Å². The van der Waals surface area contributed by atoms with Gasteiger partial charge in [0.1, 0.15) is 0 Å². The Morgan fingerprint density at radius 2 is 2.20 bits per heavy atom. The molecule has 2 atom stereocenters. The highest BCUT2D eigenvalue weighted by atomic mass is 16.5. The van der Waals surface area contributed by atoms with E-state index < -0.39 is 0 Å². The SMILES string of the molecule is CC(C)CCN(C)CC(O)C1CCOC1. The summed E-state index contributed by atoms with van der Waals surface area (Å²) in [5, 5.41) is 9.96. The quantitative estimate of drug-likeness (QED) is 0.726. The van der Waals surface area contributed by atoms with E-state index in [-0.39, 0.29) is 6.10 Å². The van der Waals surface area contributed by atoms with Gasteiger partial charge in [-0.05, 0) is 32.4 Å². The fourth-order valence-corrected chi connectivity index (χ4v) is 1.89. The Morgan fingerprint density at radius 3 is 2.73 bits per heavy atom. The van der Waals surface area contributed by atoms with Crippen molar-refractivity contribution >= 4 is 0 Å². The molecule has 3 heteroatoms. The van der Waals surface area contributed by atoms with Gasteiger partial charge in [0.25, 0.3) is 0 Å². The molecule has 0 amide bonds. The summed E-state index contributed by atoms with van der Waals surface area (Å²) in [6.07, 6.45) is 1.99. The fourth-order valence-electron chi connectivity index (χ4n) is 1.89. The molecule has 3 nitrogen and oxygen atoms in total. The number of hydrogen-bond donors (Lipinski definition) is 1. The first kappa shape index (κ1) is 12.9. The number of aliphatic hydroxyl groups is 1. The summed E-state index contributed by atoms with van der Waals surface area (Å²) in [5.74, 6) is 1.09. The molecule has 0 saturated carbocycles. The molecule has 1 fully saturated rings. The molecular weight excluding hydrogens is 190 g/mol. The van der Waals surface area contributed by atoms with Crippen LogP contribution in [0.4, 0.5) is 0 Å². The van der Waals surface area contributed by atoms with Crippen molar-refractivity contribution in [3.05, 3.63) is 0 Å². The van der Waals surface area contributed by atoms with Crippen molar-refractivity contribution in [2.24, 2.45) is 11.8 Å². The second-order valence-electron chi connectivity index (χ2n) is 5.14. The molecule has 2 unspecified atom stereocenters. The average Bonchev–Trinajstić information content (AvgIpc) is 2.67. The maximum atomic E-state index is 9.96. The number of rotatable bonds is 6. The molecule has 1 heterocycles. The van der Waals surface area contributed by atoms with Crippen LogP contribution in [0.15, 0.2) is 0 Å². The first-order valence-corrected chi connectivity index (χ1v) is 6.04. The Balaban J connectivity index is 2.15. The van der Waals surface area contributed by atoms with Crippen molar-refractivity contribution in [3.63, 3.8) is 0 Å². The Kier molecular flexibility index (Phi) is 5.58. The van der Waals surface area contributed by atoms with Crippen LogP contribution in [-0.4, -0.2) is 49.5 Å². The topological polar surface area (TPSA) is 32.7 Å². The van der Waals surface area contributed by atoms with Crippen LogP contribution in [0.2, 0.25) is 0 Å². The lowest BCUT2D eigenvalue weighted by Crippen LogP contribution is -2.35. The summed E-state index contributed by atoms with van der Waals surface area (Å²) in [6.45, 7) is 7.86. The predicted molar refractivity (Wildman–Crippen MR) is 61.9 cm³/mol. The molecule has 0 radical (unpaired) electrons. The van der Waals surface area contributed by atoms with E-state index in [4.69, 9.17) is 4.74 Å². The molecular formula is C12H25NO2. The lowest BCUT2D eigenvalue weighted by Gasteiger charge is -2.24. The molecule has 0 aromatic heterocycles. The monoisotopic (exact) mass is 215 g/mol. The highest BCUT2D eigenvalue weighted by Crippen LogP contribution is 2.17. The van der Waals surface area contributed by atoms with Gasteiger partial charge in [-0.25, -0.2) is 0 Å². The Labute approximate surface area is 93.4 Å². The van der Waals surface area contributed by atoms with Gasteiger partial charge in [0.2, 0.25) is 0 Å². The number of likely N-dealkylation sites (N-methyl/N-ethyl adjacent to an activating group) is 1. The van der Waals surface area contributed by atoms with Crippen LogP contribution in [-0.2, 0) is 4.74 Å². The van der Waals surface area contributed by atoms with Gasteiger partial charge in [0, 0.05) is 19.1 Å². The average molecular weight is 215 g/mol. The van der Waals surface area contributed by atoms with Crippen molar-refractivity contribution in [2.75, 3.05) is 33.4 Å². The third-order valence-corrected chi connectivity index (χ3v) is 3.10. The van der Waals surface area contributed by atoms with Gasteiger partial charge in [-0.1, -0.05) is 13.8 Å². The molecule has 0 aromatic rings. The zero-order valence-corrected chi connectivity index (χ0v) is 10.3. The summed E-state index contributed by atoms with van der Waals surface area (Å²) >= 11 is 0. The standard InChI is InChI=1S/C12H25NO2/c1-10(2)4-6-13(3)8-12(14)11-5-7-15-9-11/h10-12,14H,4-9H2,1-3H3. The van der Waals surface area contributed by atoms with E-state index in [0.29, 0.717) is 5.92 Å². The maximum absolute atomic E-state index is 9.96. The van der Waals surface area contributed by atoms with Gasteiger partial charge in [0.05, 0.1) is 12.7 Å². The van der Waals surface area contributed by atoms with Crippen LogP contribution in [0.5, 0.6) is 0 Å². The summed E-state index contributed by atoms with van der Waals surface area (Å²) in [6, 6.07) is 0. The van der Waals surface area contributed by atoms with E-state index in [1.165, 1.54) is 6.42 Å². The molecule has 1 N–H and O–H groups in total. The predicted octanol–water partition coefficient (Wildman–Crippen LogP) is 1.36. The lowest BCUT2D eigenvalue weighted by atomic mass is 10.0. The van der Waals surface area contributed by atoms with E-state index in [1.54, 1.807) is 0 Å². The van der Waals surface area contributed by atoms with E-state index in [2.05, 4.69) is 25.8 Å². The highest BCUT2D eigenvalue weighted by molar-refractivity contribution is 4.75. The number of ether oxygens (including phenoxy) is 1. The zero-order chi connectivity index (χ0) is 11.3. The second-order valence-corrected chi connectivity index (χ2v) is 5.14. The van der Waals surface area contributed by atoms with Gasteiger partial charge < -0.3 is 14.7 Å². The van der Waals surface area contributed by atoms with Gasteiger partial charge >= 0.3 is 0 Å². The molecule has 1 aliphatic rings. The molecule has 1 aliphatic heterocycles. The van der Waals surface area contributed by atoms with Crippen LogP contribution in [0.3, 0.4) is 0 Å². The first-order valence-electron chi connectivity index (χ1n) is 6.04. The Bertz CT molecular complexity index is 167. The van der Waals surface area contributed by atoms with Crippen molar-refractivity contribution in [1.82, 2.24) is 4.90 Å². The zero-order valence-electron chi connectivity index (χ0n) is 10.3. The number of aliphatic hydroxyl groups excluding tert-OH is 1. The van der Waals surface area contributed by atoms with Crippen molar-refractivity contribution in [1.29, 1.82) is 0 Å². The van der Waals surface area contributed by atoms with Gasteiger partial charge in [0.15, 0.2) is 0 Å². The van der Waals surface area contributed by atoms with E-state index >= 15 is 0 Å². The van der Waals surface area contributed by atoms with Gasteiger partial charge in [-0.2, -0.15) is 0 Å². The normalized spacial score (nSPS) is 24.0. The van der Waals surface area contributed by atoms with Gasteiger partial charge in [-0.15, -0.1) is 0 Å². The van der Waals surface area contributed by atoms with E-state index in [1.807, 2.05) is 0 Å². The second kappa shape index (κ2) is 6.46. The van der Waals surface area contributed by atoms with Crippen LogP contribution in [0, 0.1) is 11.8 Å². The molecule has 1 rings (SSSR count). The molecule has 0 bridgehead atoms. The van der Waals surface area contributed by atoms with Crippen LogP contribution < -0.4 is 0 Å². The number of nitrogens with zero attached hydrogens (tertiary/aromatic N) is 1. The van der Waals surface area contributed by atoms with Crippen LogP contribution in [0.1, 0.15) is 26.7 Å². The van der Waals surface area contributed by atoms with Gasteiger partial charge in [-0.3, -0.25) is 0 Å².